The van der Waals surface area contributed by atoms with Gasteiger partial charge >= 0.3 is 0 Å². The highest BCUT2D eigenvalue weighted by Crippen LogP contribution is 2.45. The van der Waals surface area contributed by atoms with Crippen molar-refractivity contribution in [2.24, 2.45) is 0 Å². The molecule has 0 atom stereocenters. The summed E-state index contributed by atoms with van der Waals surface area (Å²) in [6.07, 6.45) is 21.4. The van der Waals surface area contributed by atoms with Gasteiger partial charge in [0, 0.05) is 169 Å². The Bertz CT molecular complexity index is 8240. The van der Waals surface area contributed by atoms with Crippen LogP contribution in [0.25, 0.3) is 252 Å². The fourth-order valence-electron chi connectivity index (χ4n) is 18.5. The molecule has 0 N–H and O–H groups in total. The summed E-state index contributed by atoms with van der Waals surface area (Å²) in [4.78, 5) is 64.9. The zero-order valence-corrected chi connectivity index (χ0v) is 73.5. The third-order valence-electron chi connectivity index (χ3n) is 24.9. The fourth-order valence-corrected chi connectivity index (χ4v) is 18.5. The molecule has 0 saturated heterocycles. The van der Waals surface area contributed by atoms with E-state index >= 15 is 0 Å². The quantitative estimate of drug-likeness (QED) is 0.0927. The average Bonchev–Trinajstić information content (AvgIpc) is 1.58. The van der Waals surface area contributed by atoms with Crippen LogP contribution >= 0.6 is 0 Å². The SMILES string of the molecule is c1ccc(-c2nc3ccc4c(c5ccccc5n4-c4cccc(-c5cc(-c6ccncc6)cc(-c6ccncc6)n5)c4)c3o2)cc1.c1ccc(-c2nc3ccc4c(c5ccccc5n4-c4cccc(-c5cc(-c6ccncc6)nc(-c6ccncc6)n5)c4)c3o2)cc1.c1ccc(-c2nc3ccc4c(c5ccccc5n4-c4cccc(-c5nc(-c6ccncc6)cc(-c6ccncc6)n5)c4)c3o2)cc1. The highest BCUT2D eigenvalue weighted by Gasteiger charge is 2.26. The first-order chi connectivity index (χ1) is 68.4. The van der Waals surface area contributed by atoms with Gasteiger partial charge in [0.2, 0.25) is 17.7 Å². The van der Waals surface area contributed by atoms with E-state index in [2.05, 4.69) is 220 Å². The molecule has 0 amide bonds. The number of aromatic nitrogens is 17. The third-order valence-corrected chi connectivity index (χ3v) is 24.9. The van der Waals surface area contributed by atoms with Crippen LogP contribution in [0, 0.1) is 0 Å². The van der Waals surface area contributed by atoms with Crippen molar-refractivity contribution >= 4 is 98.7 Å². The van der Waals surface area contributed by atoms with Gasteiger partial charge in [-0.1, -0.05) is 146 Å². The first-order valence-corrected chi connectivity index (χ1v) is 45.1. The number of hydrogen-bond donors (Lipinski definition) is 0. The number of rotatable bonds is 15. The van der Waals surface area contributed by atoms with E-state index in [4.69, 9.17) is 53.1 Å². The van der Waals surface area contributed by atoms with Crippen LogP contribution in [0.2, 0.25) is 0 Å². The molecule has 0 radical (unpaired) electrons. The Morgan fingerprint density at radius 2 is 0.435 bits per heavy atom. The molecule has 27 aromatic rings. The molecule has 0 aliphatic carbocycles. The standard InChI is InChI=1S/C40H25N5O.2C39H24N6O/c1-2-7-28(8-3-1)40-44-33-13-14-37-38(39(33)46-40)32-11-4-5-12-36(32)45(37)31-10-6-9-29(23-31)35-25-30(26-15-19-41-20-16-26)24-34(43-35)27-17-21-42-22-18-27;1-2-7-27(8-3-1)39-44-31-13-14-35-36(37(31)46-39)30-11-4-5-12-34(30)45(35)29-10-6-9-28(23-29)33-24-32(25-15-19-40-20-16-25)42-38(43-33)26-17-21-41-22-18-26;1-2-7-27(8-3-1)39-44-31-13-14-35-36(37(31)46-39)30-11-4-5-12-34(30)45(35)29-10-6-9-28(23-29)38-42-32(25-15-19-40-20-16-25)24-33(43-38)26-17-21-41-22-18-26/h1-25H;2*1-24H. The Morgan fingerprint density at radius 1 is 0.167 bits per heavy atom. The topological polar surface area (TPSA) is 235 Å². The lowest BCUT2D eigenvalue weighted by Gasteiger charge is -2.12. The number of oxazole rings is 3. The second-order valence-corrected chi connectivity index (χ2v) is 33.3. The molecule has 0 unspecified atom stereocenters. The normalized spacial score (nSPS) is 11.5. The summed E-state index contributed by atoms with van der Waals surface area (Å²) in [5.74, 6) is 3.11. The molecule has 0 bridgehead atoms. The molecule has 27 rings (SSSR count). The molecule has 20 nitrogen and oxygen atoms in total. The van der Waals surface area contributed by atoms with Crippen molar-refractivity contribution in [1.82, 2.24) is 83.5 Å². The highest BCUT2D eigenvalue weighted by molar-refractivity contribution is 6.22. The molecule has 138 heavy (non-hydrogen) atoms. The lowest BCUT2D eigenvalue weighted by atomic mass is 10.0. The first kappa shape index (κ1) is 80.7. The highest BCUT2D eigenvalue weighted by atomic mass is 16.4. The van der Waals surface area contributed by atoms with Gasteiger partial charge in [-0.05, 0) is 236 Å². The van der Waals surface area contributed by atoms with Gasteiger partial charge in [-0.2, -0.15) is 0 Å². The van der Waals surface area contributed by atoms with E-state index in [0.29, 0.717) is 29.3 Å². The van der Waals surface area contributed by atoms with Crippen LogP contribution in [0.5, 0.6) is 0 Å². The van der Waals surface area contributed by atoms with Crippen molar-refractivity contribution in [2.45, 2.75) is 0 Å². The average molecular weight is 1780 g/mol. The number of nitrogens with zero attached hydrogens (tertiary/aromatic N) is 17. The van der Waals surface area contributed by atoms with E-state index in [1.807, 2.05) is 207 Å². The maximum Gasteiger partial charge on any atom is 0.227 e. The minimum Gasteiger partial charge on any atom is -0.435 e. The fraction of sp³-hybridized carbons (Fsp3) is 0. The Kier molecular flexibility index (Phi) is 20.3. The second kappa shape index (κ2) is 34.8. The lowest BCUT2D eigenvalue weighted by Crippen LogP contribution is -1.98. The van der Waals surface area contributed by atoms with Crippen LogP contribution in [0.3, 0.4) is 0 Å². The van der Waals surface area contributed by atoms with E-state index in [-0.39, 0.29) is 0 Å². The van der Waals surface area contributed by atoms with Gasteiger partial charge in [0.05, 0.1) is 83.4 Å². The third kappa shape index (κ3) is 15.0. The second-order valence-electron chi connectivity index (χ2n) is 33.3. The maximum absolute atomic E-state index is 6.48. The number of fused-ring (bicyclic) bond motifs is 15. The number of pyridine rings is 7. The Hall–Kier alpha value is -19.3. The van der Waals surface area contributed by atoms with Crippen LogP contribution in [0.1, 0.15) is 0 Å². The van der Waals surface area contributed by atoms with Crippen LogP contribution in [0.15, 0.2) is 458 Å². The van der Waals surface area contributed by atoms with Gasteiger partial charge in [-0.3, -0.25) is 29.9 Å². The lowest BCUT2D eigenvalue weighted by molar-refractivity contribution is 0.622. The van der Waals surface area contributed by atoms with E-state index in [1.54, 1.807) is 62.0 Å². The molecule has 0 spiro atoms. The zero-order chi connectivity index (χ0) is 91.4. The Labute approximate surface area is 787 Å². The Morgan fingerprint density at radius 3 is 0.783 bits per heavy atom. The van der Waals surface area contributed by atoms with Gasteiger partial charge in [0.25, 0.3) is 0 Å². The first-order valence-electron chi connectivity index (χ1n) is 45.1. The summed E-state index contributed by atoms with van der Waals surface area (Å²) in [7, 11) is 0. The molecule has 0 aliphatic rings. The van der Waals surface area contributed by atoms with Crippen molar-refractivity contribution in [3.8, 4) is 153 Å². The van der Waals surface area contributed by atoms with Crippen molar-refractivity contribution in [2.75, 3.05) is 0 Å². The number of para-hydroxylation sites is 3. The van der Waals surface area contributed by atoms with Gasteiger partial charge in [-0.25, -0.2) is 39.9 Å². The summed E-state index contributed by atoms with van der Waals surface area (Å²) in [6.45, 7) is 0. The van der Waals surface area contributed by atoms with E-state index in [1.165, 1.54) is 0 Å². The van der Waals surface area contributed by atoms with Gasteiger partial charge in [0.1, 0.15) is 16.6 Å². The molecule has 0 saturated carbocycles. The largest absolute Gasteiger partial charge is 0.435 e. The van der Waals surface area contributed by atoms with Gasteiger partial charge in [-0.15, -0.1) is 0 Å². The maximum atomic E-state index is 6.48. The van der Waals surface area contributed by atoms with Crippen LogP contribution in [0.4, 0.5) is 0 Å². The molecule has 15 heterocycles. The van der Waals surface area contributed by atoms with Crippen LogP contribution < -0.4 is 0 Å². The molecule has 15 aromatic heterocycles. The Balaban J connectivity index is 0.000000110. The van der Waals surface area contributed by atoms with Crippen molar-refractivity contribution in [1.29, 1.82) is 0 Å². The number of hydrogen-bond acceptors (Lipinski definition) is 17. The van der Waals surface area contributed by atoms with E-state index in [9.17, 15) is 0 Å². The molecule has 648 valence electrons. The minimum absolute atomic E-state index is 0.609. The minimum atomic E-state index is 0.609. The van der Waals surface area contributed by atoms with Crippen molar-refractivity contribution in [3.63, 3.8) is 0 Å². The van der Waals surface area contributed by atoms with Gasteiger partial charge in [0.15, 0.2) is 28.4 Å². The molecular formula is C118H73N17O3. The molecule has 20 heteroatoms. The number of benzene rings is 12. The van der Waals surface area contributed by atoms with Crippen molar-refractivity contribution in [3.05, 3.63) is 444 Å². The predicted octanol–water partition coefficient (Wildman–Crippen LogP) is 28.1. The summed E-state index contributed by atoms with van der Waals surface area (Å²) in [6, 6.07) is 125. The van der Waals surface area contributed by atoms with Crippen LogP contribution in [-0.4, -0.2) is 83.5 Å². The monoisotopic (exact) mass is 1780 g/mol. The molecule has 12 aromatic carbocycles. The smallest absolute Gasteiger partial charge is 0.227 e. The van der Waals surface area contributed by atoms with E-state index < -0.39 is 0 Å². The summed E-state index contributed by atoms with van der Waals surface area (Å²) < 4.78 is 26.3. The molecule has 0 aliphatic heterocycles. The molecular weight excluding hydrogens is 1700 g/mol. The van der Waals surface area contributed by atoms with Crippen molar-refractivity contribution < 1.29 is 13.3 Å². The summed E-state index contributed by atoms with van der Waals surface area (Å²) in [5.41, 5.74) is 32.0. The summed E-state index contributed by atoms with van der Waals surface area (Å²) in [5, 5.41) is 6.43. The molecule has 0 fully saturated rings. The van der Waals surface area contributed by atoms with Crippen LogP contribution in [-0.2, 0) is 0 Å². The summed E-state index contributed by atoms with van der Waals surface area (Å²) >= 11 is 0. The predicted molar refractivity (Wildman–Crippen MR) is 546 cm³/mol. The zero-order valence-electron chi connectivity index (χ0n) is 73.5. The van der Waals surface area contributed by atoms with Gasteiger partial charge < -0.3 is 27.0 Å². The van der Waals surface area contributed by atoms with E-state index in [0.717, 1.165) is 222 Å².